The van der Waals surface area contributed by atoms with E-state index >= 15 is 0 Å². The summed E-state index contributed by atoms with van der Waals surface area (Å²) < 4.78 is 10.3. The van der Waals surface area contributed by atoms with E-state index in [9.17, 15) is 4.79 Å². The van der Waals surface area contributed by atoms with Gasteiger partial charge in [0.1, 0.15) is 11.5 Å². The molecule has 0 radical (unpaired) electrons. The van der Waals surface area contributed by atoms with E-state index in [0.29, 0.717) is 21.9 Å². The van der Waals surface area contributed by atoms with Gasteiger partial charge in [-0.25, -0.2) is 0 Å². The highest BCUT2D eigenvalue weighted by molar-refractivity contribution is 7.11. The third kappa shape index (κ3) is 2.29. The number of hydrogen-bond acceptors (Lipinski definition) is 5. The number of methoxy groups -OCH3 is 2. The van der Waals surface area contributed by atoms with Crippen LogP contribution < -0.4 is 9.47 Å². The lowest BCUT2D eigenvalue weighted by Gasteiger charge is -2.08. The van der Waals surface area contributed by atoms with Gasteiger partial charge in [0, 0.05) is 12.3 Å². The van der Waals surface area contributed by atoms with Crippen LogP contribution >= 0.6 is 11.3 Å². The second kappa shape index (κ2) is 4.97. The number of hydrogen-bond donors (Lipinski definition) is 0. The maximum atomic E-state index is 12.1. The van der Waals surface area contributed by atoms with Gasteiger partial charge in [-0.15, -0.1) is 11.3 Å². The second-order valence-electron chi connectivity index (χ2n) is 3.26. The molecule has 88 valence electrons. The lowest BCUT2D eigenvalue weighted by Crippen LogP contribution is -2.02. The Labute approximate surface area is 103 Å². The predicted molar refractivity (Wildman–Crippen MR) is 65.1 cm³/mol. The molecule has 0 aliphatic carbocycles. The SMILES string of the molecule is COc1ccc(C(=O)c2cncs2)c(OC)c1. The molecule has 2 rings (SSSR count). The van der Waals surface area contributed by atoms with Crippen molar-refractivity contribution in [3.05, 3.63) is 40.3 Å². The molecular formula is C12H11NO3S. The summed E-state index contributed by atoms with van der Waals surface area (Å²) in [5.74, 6) is 1.07. The maximum absolute atomic E-state index is 12.1. The minimum atomic E-state index is -0.0907. The molecule has 1 aromatic carbocycles. The molecular weight excluding hydrogens is 238 g/mol. The largest absolute Gasteiger partial charge is 0.497 e. The summed E-state index contributed by atoms with van der Waals surface area (Å²) in [6.07, 6.45) is 1.55. The Morgan fingerprint density at radius 3 is 2.71 bits per heavy atom. The molecule has 0 amide bonds. The van der Waals surface area contributed by atoms with Crippen LogP contribution in [0, 0.1) is 0 Å². The summed E-state index contributed by atoms with van der Waals surface area (Å²) in [4.78, 5) is 16.6. The van der Waals surface area contributed by atoms with Crippen molar-refractivity contribution in [3.8, 4) is 11.5 Å². The van der Waals surface area contributed by atoms with E-state index in [1.54, 1.807) is 37.0 Å². The van der Waals surface area contributed by atoms with Gasteiger partial charge in [0.15, 0.2) is 0 Å². The summed E-state index contributed by atoms with van der Waals surface area (Å²) >= 11 is 1.31. The van der Waals surface area contributed by atoms with Gasteiger partial charge in [-0.1, -0.05) is 0 Å². The molecule has 0 spiro atoms. The van der Waals surface area contributed by atoms with Gasteiger partial charge in [0.25, 0.3) is 0 Å². The van der Waals surface area contributed by atoms with Crippen LogP contribution in [0.2, 0.25) is 0 Å². The Morgan fingerprint density at radius 2 is 2.12 bits per heavy atom. The standard InChI is InChI=1S/C12H11NO3S/c1-15-8-3-4-9(10(5-8)16-2)12(14)11-6-13-7-17-11/h3-7H,1-2H3. The number of benzene rings is 1. The molecule has 0 saturated carbocycles. The first-order valence-electron chi connectivity index (χ1n) is 4.91. The smallest absolute Gasteiger partial charge is 0.208 e. The van der Waals surface area contributed by atoms with Crippen LogP contribution in [0.15, 0.2) is 29.9 Å². The van der Waals surface area contributed by atoms with Crippen molar-refractivity contribution in [2.45, 2.75) is 0 Å². The summed E-state index contributed by atoms with van der Waals surface area (Å²) in [5.41, 5.74) is 2.14. The molecule has 0 N–H and O–H groups in total. The van der Waals surface area contributed by atoms with E-state index in [4.69, 9.17) is 9.47 Å². The molecule has 5 heteroatoms. The van der Waals surface area contributed by atoms with Crippen molar-refractivity contribution in [1.29, 1.82) is 0 Å². The molecule has 0 saturated heterocycles. The topological polar surface area (TPSA) is 48.4 Å². The highest BCUT2D eigenvalue weighted by Gasteiger charge is 2.16. The third-order valence-corrected chi connectivity index (χ3v) is 3.08. The molecule has 2 aromatic rings. The fourth-order valence-electron chi connectivity index (χ4n) is 1.45. The van der Waals surface area contributed by atoms with Gasteiger partial charge >= 0.3 is 0 Å². The van der Waals surface area contributed by atoms with E-state index in [-0.39, 0.29) is 5.78 Å². The van der Waals surface area contributed by atoms with Gasteiger partial charge in [-0.3, -0.25) is 9.78 Å². The fourth-order valence-corrected chi connectivity index (χ4v) is 2.02. The average Bonchev–Trinajstić information content (AvgIpc) is 2.91. The number of aromatic nitrogens is 1. The molecule has 1 heterocycles. The van der Waals surface area contributed by atoms with Crippen LogP contribution in [0.3, 0.4) is 0 Å². The van der Waals surface area contributed by atoms with Gasteiger partial charge in [0.05, 0.1) is 30.2 Å². The van der Waals surface area contributed by atoms with E-state index < -0.39 is 0 Å². The van der Waals surface area contributed by atoms with Crippen molar-refractivity contribution in [2.75, 3.05) is 14.2 Å². The first-order valence-corrected chi connectivity index (χ1v) is 5.79. The van der Waals surface area contributed by atoms with Crippen molar-refractivity contribution in [3.63, 3.8) is 0 Å². The van der Waals surface area contributed by atoms with E-state index in [0.717, 1.165) is 0 Å². The van der Waals surface area contributed by atoms with Crippen LogP contribution in [0.5, 0.6) is 11.5 Å². The second-order valence-corrected chi connectivity index (χ2v) is 4.15. The van der Waals surface area contributed by atoms with Crippen molar-refractivity contribution >= 4 is 17.1 Å². The quantitative estimate of drug-likeness (QED) is 0.781. The number of nitrogens with zero attached hydrogens (tertiary/aromatic N) is 1. The van der Waals surface area contributed by atoms with E-state index in [1.807, 2.05) is 0 Å². The highest BCUT2D eigenvalue weighted by Crippen LogP contribution is 2.27. The number of rotatable bonds is 4. The Kier molecular flexibility index (Phi) is 3.39. The average molecular weight is 249 g/mol. The number of ketones is 1. The van der Waals surface area contributed by atoms with Crippen LogP contribution in [-0.2, 0) is 0 Å². The minimum absolute atomic E-state index is 0.0907. The highest BCUT2D eigenvalue weighted by atomic mass is 32.1. The number of ether oxygens (including phenoxy) is 2. The summed E-state index contributed by atoms with van der Waals surface area (Å²) in [6.45, 7) is 0. The molecule has 0 bridgehead atoms. The molecule has 0 aliphatic heterocycles. The molecule has 0 aliphatic rings. The Hall–Kier alpha value is -1.88. The third-order valence-electron chi connectivity index (χ3n) is 2.31. The zero-order valence-corrected chi connectivity index (χ0v) is 10.3. The fraction of sp³-hybridized carbons (Fsp3) is 0.167. The first-order chi connectivity index (χ1) is 8.26. The van der Waals surface area contributed by atoms with Crippen LogP contribution in [-0.4, -0.2) is 25.0 Å². The van der Waals surface area contributed by atoms with Gasteiger partial charge in [-0.2, -0.15) is 0 Å². The summed E-state index contributed by atoms with van der Waals surface area (Å²) in [7, 11) is 3.09. The predicted octanol–water partition coefficient (Wildman–Crippen LogP) is 2.39. The maximum Gasteiger partial charge on any atom is 0.208 e. The van der Waals surface area contributed by atoms with Crippen molar-refractivity contribution in [2.24, 2.45) is 0 Å². The normalized spacial score (nSPS) is 10.0. The molecule has 4 nitrogen and oxygen atoms in total. The zero-order chi connectivity index (χ0) is 12.3. The van der Waals surface area contributed by atoms with Crippen molar-refractivity contribution in [1.82, 2.24) is 4.98 Å². The van der Waals surface area contributed by atoms with E-state index in [1.165, 1.54) is 18.4 Å². The van der Waals surface area contributed by atoms with Crippen LogP contribution in [0.4, 0.5) is 0 Å². The van der Waals surface area contributed by atoms with Gasteiger partial charge in [0.2, 0.25) is 5.78 Å². The molecule has 0 atom stereocenters. The Balaban J connectivity index is 2.41. The monoisotopic (exact) mass is 249 g/mol. The van der Waals surface area contributed by atoms with Crippen molar-refractivity contribution < 1.29 is 14.3 Å². The molecule has 0 unspecified atom stereocenters. The summed E-state index contributed by atoms with van der Waals surface area (Å²) in [5, 5.41) is 0. The first kappa shape index (κ1) is 11.6. The zero-order valence-electron chi connectivity index (χ0n) is 9.47. The molecule has 17 heavy (non-hydrogen) atoms. The van der Waals surface area contributed by atoms with Gasteiger partial charge < -0.3 is 9.47 Å². The number of carbonyl (C=O) groups is 1. The van der Waals surface area contributed by atoms with Crippen LogP contribution in [0.25, 0.3) is 0 Å². The molecule has 0 fully saturated rings. The Bertz CT molecular complexity index is 523. The number of carbonyl (C=O) groups excluding carboxylic acids is 1. The minimum Gasteiger partial charge on any atom is -0.497 e. The summed E-state index contributed by atoms with van der Waals surface area (Å²) in [6, 6.07) is 5.12. The number of thiazole rings is 1. The Morgan fingerprint density at radius 1 is 1.29 bits per heavy atom. The van der Waals surface area contributed by atoms with Crippen LogP contribution in [0.1, 0.15) is 15.2 Å². The molecule has 1 aromatic heterocycles. The lowest BCUT2D eigenvalue weighted by molar-refractivity contribution is 0.103. The lowest BCUT2D eigenvalue weighted by atomic mass is 10.1. The van der Waals surface area contributed by atoms with E-state index in [2.05, 4.69) is 4.98 Å². The van der Waals surface area contributed by atoms with Gasteiger partial charge in [-0.05, 0) is 12.1 Å².